The summed E-state index contributed by atoms with van der Waals surface area (Å²) in [7, 11) is 0. The van der Waals surface area contributed by atoms with Crippen LogP contribution in [0, 0.1) is 5.92 Å². The smallest absolute Gasteiger partial charge is 0.223 e. The van der Waals surface area contributed by atoms with Crippen molar-refractivity contribution in [1.29, 1.82) is 0 Å². The molecule has 4 N–H and O–H groups in total. The number of amides is 1. The van der Waals surface area contributed by atoms with E-state index in [1.165, 1.54) is 17.8 Å². The molecule has 1 aliphatic rings. The first-order valence-electron chi connectivity index (χ1n) is 9.09. The summed E-state index contributed by atoms with van der Waals surface area (Å²) >= 11 is 1.53. The summed E-state index contributed by atoms with van der Waals surface area (Å²) in [5, 5.41) is 21.9. The summed E-state index contributed by atoms with van der Waals surface area (Å²) in [5.41, 5.74) is -0.965. The molecule has 1 aliphatic carbocycles. The van der Waals surface area contributed by atoms with Crippen LogP contribution in [0.3, 0.4) is 0 Å². The van der Waals surface area contributed by atoms with Gasteiger partial charge in [0.05, 0.1) is 6.54 Å². The Bertz CT molecular complexity index is 560. The van der Waals surface area contributed by atoms with E-state index in [9.17, 15) is 9.90 Å². The fraction of sp³-hybridized carbons (Fsp3) is 0.667. The van der Waals surface area contributed by atoms with Gasteiger partial charge in [-0.2, -0.15) is 0 Å². The zero-order chi connectivity index (χ0) is 18.1. The highest BCUT2D eigenvalue weighted by atomic mass is 127. The van der Waals surface area contributed by atoms with Gasteiger partial charge in [-0.1, -0.05) is 12.5 Å². The summed E-state index contributed by atoms with van der Waals surface area (Å²) in [6, 6.07) is 3.85. The third kappa shape index (κ3) is 7.40. The Labute approximate surface area is 177 Å². The van der Waals surface area contributed by atoms with E-state index in [4.69, 9.17) is 0 Å². The van der Waals surface area contributed by atoms with Crippen LogP contribution in [0.4, 0.5) is 0 Å². The molecule has 0 aliphatic heterocycles. The monoisotopic (exact) mass is 494 g/mol. The van der Waals surface area contributed by atoms with E-state index in [2.05, 4.69) is 20.9 Å². The summed E-state index contributed by atoms with van der Waals surface area (Å²) < 4.78 is 0. The molecule has 1 atom stereocenters. The number of aliphatic hydroxyl groups is 1. The lowest BCUT2D eigenvalue weighted by molar-refractivity contribution is -0.127. The SMILES string of the molecule is CCNC(=NCC(C)(O)c1cccs1)NCCCNC(=O)C1CCC1.I. The topological polar surface area (TPSA) is 85.8 Å². The lowest BCUT2D eigenvalue weighted by Gasteiger charge is -2.24. The van der Waals surface area contributed by atoms with Gasteiger partial charge in [0.15, 0.2) is 5.96 Å². The largest absolute Gasteiger partial charge is 0.383 e. The van der Waals surface area contributed by atoms with Crippen molar-refractivity contribution in [2.24, 2.45) is 10.9 Å². The number of rotatable bonds is 9. The van der Waals surface area contributed by atoms with E-state index < -0.39 is 5.60 Å². The number of nitrogens with zero attached hydrogens (tertiary/aromatic N) is 1. The van der Waals surface area contributed by atoms with Gasteiger partial charge in [0.1, 0.15) is 5.60 Å². The van der Waals surface area contributed by atoms with E-state index >= 15 is 0 Å². The summed E-state index contributed by atoms with van der Waals surface area (Å²) in [6.07, 6.45) is 4.08. The Morgan fingerprint density at radius 3 is 2.65 bits per heavy atom. The van der Waals surface area contributed by atoms with Gasteiger partial charge in [-0.25, -0.2) is 4.99 Å². The average Bonchev–Trinajstić information content (AvgIpc) is 3.05. The quantitative estimate of drug-likeness (QED) is 0.184. The van der Waals surface area contributed by atoms with Gasteiger partial charge in [0.25, 0.3) is 0 Å². The minimum Gasteiger partial charge on any atom is -0.383 e. The Balaban J connectivity index is 0.00000338. The van der Waals surface area contributed by atoms with Crippen LogP contribution in [0.2, 0.25) is 0 Å². The molecule has 1 heterocycles. The second kappa shape index (κ2) is 11.8. The Hall–Kier alpha value is -0.870. The molecule has 1 saturated carbocycles. The van der Waals surface area contributed by atoms with E-state index in [-0.39, 0.29) is 35.8 Å². The van der Waals surface area contributed by atoms with Crippen LogP contribution in [0.1, 0.15) is 44.4 Å². The first kappa shape index (κ1) is 23.2. The molecule has 0 radical (unpaired) electrons. The van der Waals surface area contributed by atoms with Crippen molar-refractivity contribution in [3.05, 3.63) is 22.4 Å². The van der Waals surface area contributed by atoms with Gasteiger partial charge in [-0.05, 0) is 44.6 Å². The molecule has 1 amide bonds. The number of hydrogen-bond acceptors (Lipinski definition) is 4. The minimum absolute atomic E-state index is 0. The highest BCUT2D eigenvalue weighted by Gasteiger charge is 2.25. The van der Waals surface area contributed by atoms with Crippen molar-refractivity contribution in [3.8, 4) is 0 Å². The summed E-state index contributed by atoms with van der Waals surface area (Å²) in [4.78, 5) is 17.2. The van der Waals surface area contributed by atoms with E-state index in [0.717, 1.165) is 37.2 Å². The number of carbonyl (C=O) groups excluding carboxylic acids is 1. The van der Waals surface area contributed by atoms with E-state index in [0.29, 0.717) is 19.0 Å². The predicted molar refractivity (Wildman–Crippen MR) is 118 cm³/mol. The zero-order valence-corrected chi connectivity index (χ0v) is 18.7. The fourth-order valence-corrected chi connectivity index (χ4v) is 3.34. The number of guanidine groups is 1. The second-order valence-electron chi connectivity index (χ2n) is 6.65. The van der Waals surface area contributed by atoms with Crippen LogP contribution in [0.25, 0.3) is 0 Å². The summed E-state index contributed by atoms with van der Waals surface area (Å²) in [5.74, 6) is 1.12. The van der Waals surface area contributed by atoms with Crippen molar-refractivity contribution < 1.29 is 9.90 Å². The van der Waals surface area contributed by atoms with Crippen LogP contribution >= 0.6 is 35.3 Å². The average molecular weight is 494 g/mol. The fourth-order valence-electron chi connectivity index (χ4n) is 2.56. The molecular weight excluding hydrogens is 463 g/mol. The third-order valence-corrected chi connectivity index (χ3v) is 5.49. The molecule has 2 rings (SSSR count). The van der Waals surface area contributed by atoms with Crippen LogP contribution in [0.5, 0.6) is 0 Å². The molecule has 0 spiro atoms. The van der Waals surface area contributed by atoms with Crippen molar-refractivity contribution in [2.75, 3.05) is 26.2 Å². The predicted octanol–water partition coefficient (Wildman–Crippen LogP) is 2.44. The van der Waals surface area contributed by atoms with Gasteiger partial charge in [-0.15, -0.1) is 35.3 Å². The molecule has 6 nitrogen and oxygen atoms in total. The Morgan fingerprint density at radius 2 is 2.08 bits per heavy atom. The molecular formula is C18H31IN4O2S. The normalized spacial score (nSPS) is 16.8. The van der Waals surface area contributed by atoms with Crippen molar-refractivity contribution in [2.45, 2.75) is 45.1 Å². The van der Waals surface area contributed by atoms with E-state index in [1.807, 2.05) is 24.4 Å². The minimum atomic E-state index is -0.965. The number of hydrogen-bond donors (Lipinski definition) is 4. The number of nitrogens with one attached hydrogen (secondary N) is 3. The van der Waals surface area contributed by atoms with Gasteiger partial charge < -0.3 is 21.1 Å². The highest BCUT2D eigenvalue weighted by Crippen LogP contribution is 2.26. The van der Waals surface area contributed by atoms with Crippen molar-refractivity contribution in [3.63, 3.8) is 0 Å². The molecule has 0 aromatic carbocycles. The highest BCUT2D eigenvalue weighted by molar-refractivity contribution is 14.0. The van der Waals surface area contributed by atoms with Crippen LogP contribution < -0.4 is 16.0 Å². The molecule has 0 bridgehead atoms. The number of thiophene rings is 1. The molecule has 8 heteroatoms. The molecule has 1 aromatic rings. The number of aliphatic imine (C=N–C) groups is 1. The van der Waals surface area contributed by atoms with E-state index in [1.54, 1.807) is 6.92 Å². The third-order valence-electron chi connectivity index (χ3n) is 4.36. The Kier molecular flexibility index (Phi) is 10.5. The second-order valence-corrected chi connectivity index (χ2v) is 7.59. The number of halogens is 1. The van der Waals surface area contributed by atoms with Gasteiger partial charge in [0.2, 0.25) is 5.91 Å². The molecule has 26 heavy (non-hydrogen) atoms. The molecule has 1 unspecified atom stereocenters. The molecule has 1 fully saturated rings. The van der Waals surface area contributed by atoms with Crippen LogP contribution in [0.15, 0.2) is 22.5 Å². The van der Waals surface area contributed by atoms with Crippen molar-refractivity contribution >= 4 is 47.2 Å². The zero-order valence-electron chi connectivity index (χ0n) is 15.6. The maximum absolute atomic E-state index is 11.8. The standard InChI is InChI=1S/C18H30N4O2S.HI/c1-3-19-17(22-13-18(2,24)15-9-5-12-25-15)21-11-6-10-20-16(23)14-7-4-8-14;/h5,9,12,14,24H,3-4,6-8,10-11,13H2,1-2H3,(H,20,23)(H2,19,21,22);1H. The maximum atomic E-state index is 11.8. The summed E-state index contributed by atoms with van der Waals surface area (Å²) in [6.45, 7) is 6.23. The molecule has 148 valence electrons. The first-order chi connectivity index (χ1) is 12.0. The van der Waals surface area contributed by atoms with Gasteiger partial charge in [0, 0.05) is 30.4 Å². The van der Waals surface area contributed by atoms with Gasteiger partial charge >= 0.3 is 0 Å². The first-order valence-corrected chi connectivity index (χ1v) is 9.97. The molecule has 1 aromatic heterocycles. The lowest BCUT2D eigenvalue weighted by atomic mass is 9.85. The van der Waals surface area contributed by atoms with Crippen LogP contribution in [-0.2, 0) is 10.4 Å². The maximum Gasteiger partial charge on any atom is 0.223 e. The Morgan fingerprint density at radius 1 is 1.35 bits per heavy atom. The molecule has 0 saturated heterocycles. The lowest BCUT2D eigenvalue weighted by Crippen LogP contribution is -2.40. The van der Waals surface area contributed by atoms with Crippen LogP contribution in [-0.4, -0.2) is 43.2 Å². The van der Waals surface area contributed by atoms with Gasteiger partial charge in [-0.3, -0.25) is 4.79 Å². The number of carbonyl (C=O) groups is 1. The van der Waals surface area contributed by atoms with Crippen molar-refractivity contribution in [1.82, 2.24) is 16.0 Å².